The highest BCUT2D eigenvalue weighted by molar-refractivity contribution is 7.13. The number of halogens is 2. The Morgan fingerprint density at radius 1 is 1.15 bits per heavy atom. The molecule has 0 radical (unpaired) electrons. The Bertz CT molecular complexity index is 966. The number of aryl methyl sites for hydroxylation is 1. The minimum Gasteiger partial charge on any atom is -0.349 e. The van der Waals surface area contributed by atoms with E-state index in [1.54, 1.807) is 18.2 Å². The molecule has 27 heavy (non-hydrogen) atoms. The SMILES string of the molecule is O=C(Cc1csc(-c2c(Cl)cccc2Cl)n1)NC1CCCc2ccccc21. The molecule has 0 saturated carbocycles. The molecule has 0 aliphatic heterocycles. The van der Waals surface area contributed by atoms with Gasteiger partial charge in [-0.05, 0) is 42.5 Å². The Morgan fingerprint density at radius 2 is 1.93 bits per heavy atom. The first-order valence-corrected chi connectivity index (χ1v) is 10.5. The molecule has 1 aliphatic rings. The number of carbonyl (C=O) groups is 1. The third-order valence-corrected chi connectivity index (χ3v) is 6.31. The number of nitrogens with one attached hydrogen (secondary N) is 1. The fourth-order valence-electron chi connectivity index (χ4n) is 3.52. The van der Waals surface area contributed by atoms with Crippen molar-refractivity contribution in [3.05, 3.63) is 74.7 Å². The highest BCUT2D eigenvalue weighted by atomic mass is 35.5. The maximum Gasteiger partial charge on any atom is 0.226 e. The number of fused-ring (bicyclic) bond motifs is 1. The van der Waals surface area contributed by atoms with E-state index in [4.69, 9.17) is 23.2 Å². The topological polar surface area (TPSA) is 42.0 Å². The average molecular weight is 417 g/mol. The zero-order valence-corrected chi connectivity index (χ0v) is 16.9. The van der Waals surface area contributed by atoms with Crippen LogP contribution < -0.4 is 5.32 Å². The van der Waals surface area contributed by atoms with Crippen LogP contribution >= 0.6 is 34.5 Å². The predicted octanol–water partition coefficient (Wildman–Crippen LogP) is 5.85. The largest absolute Gasteiger partial charge is 0.349 e. The molecule has 4 rings (SSSR count). The lowest BCUT2D eigenvalue weighted by Crippen LogP contribution is -2.32. The lowest BCUT2D eigenvalue weighted by molar-refractivity contribution is -0.121. The van der Waals surface area contributed by atoms with Crippen LogP contribution in [0.25, 0.3) is 10.6 Å². The summed E-state index contributed by atoms with van der Waals surface area (Å²) in [5.74, 6) is -0.0150. The van der Waals surface area contributed by atoms with Gasteiger partial charge in [-0.3, -0.25) is 4.79 Å². The second-order valence-corrected chi connectivity index (χ2v) is 8.30. The fourth-order valence-corrected chi connectivity index (χ4v) is 5.10. The van der Waals surface area contributed by atoms with Crippen molar-refractivity contribution in [1.82, 2.24) is 10.3 Å². The quantitative estimate of drug-likeness (QED) is 0.578. The molecule has 0 saturated heterocycles. The van der Waals surface area contributed by atoms with Crippen molar-refractivity contribution in [2.24, 2.45) is 0 Å². The van der Waals surface area contributed by atoms with Crippen LogP contribution in [0.2, 0.25) is 10.0 Å². The fraction of sp³-hybridized carbons (Fsp3) is 0.238. The highest BCUT2D eigenvalue weighted by Gasteiger charge is 2.22. The van der Waals surface area contributed by atoms with Crippen LogP contribution in [-0.4, -0.2) is 10.9 Å². The van der Waals surface area contributed by atoms with Gasteiger partial charge in [0.2, 0.25) is 5.91 Å². The van der Waals surface area contributed by atoms with E-state index < -0.39 is 0 Å². The predicted molar refractivity (Wildman–Crippen MR) is 112 cm³/mol. The molecule has 1 heterocycles. The van der Waals surface area contributed by atoms with E-state index in [0.717, 1.165) is 35.5 Å². The number of nitrogens with zero attached hydrogens (tertiary/aromatic N) is 1. The van der Waals surface area contributed by atoms with E-state index >= 15 is 0 Å². The molecule has 1 aromatic heterocycles. The van der Waals surface area contributed by atoms with Crippen molar-refractivity contribution >= 4 is 40.4 Å². The molecule has 1 aliphatic carbocycles. The zero-order valence-electron chi connectivity index (χ0n) is 14.5. The number of thiazole rings is 1. The second kappa shape index (κ2) is 8.01. The molecule has 6 heteroatoms. The number of rotatable bonds is 4. The summed E-state index contributed by atoms with van der Waals surface area (Å²) >= 11 is 14.0. The van der Waals surface area contributed by atoms with Crippen molar-refractivity contribution in [2.75, 3.05) is 0 Å². The van der Waals surface area contributed by atoms with E-state index in [0.29, 0.717) is 10.0 Å². The van der Waals surface area contributed by atoms with E-state index in [1.807, 2.05) is 11.4 Å². The van der Waals surface area contributed by atoms with Gasteiger partial charge in [-0.15, -0.1) is 11.3 Å². The van der Waals surface area contributed by atoms with Crippen LogP contribution in [0.3, 0.4) is 0 Å². The molecule has 0 fully saturated rings. The Kier molecular flexibility index (Phi) is 5.48. The minimum atomic E-state index is -0.0150. The van der Waals surface area contributed by atoms with Crippen molar-refractivity contribution in [1.29, 1.82) is 0 Å². The highest BCUT2D eigenvalue weighted by Crippen LogP contribution is 2.36. The molecule has 3 nitrogen and oxygen atoms in total. The van der Waals surface area contributed by atoms with Crippen LogP contribution in [0, 0.1) is 0 Å². The normalized spacial score (nSPS) is 16.0. The van der Waals surface area contributed by atoms with Gasteiger partial charge in [0, 0.05) is 10.9 Å². The molecular weight excluding hydrogens is 399 g/mol. The van der Waals surface area contributed by atoms with Crippen molar-refractivity contribution in [3.8, 4) is 10.6 Å². The van der Waals surface area contributed by atoms with Gasteiger partial charge in [0.1, 0.15) is 5.01 Å². The third kappa shape index (κ3) is 4.03. The summed E-state index contributed by atoms with van der Waals surface area (Å²) in [5.41, 5.74) is 4.02. The Labute approximate surface area is 172 Å². The Hall–Kier alpha value is -1.88. The summed E-state index contributed by atoms with van der Waals surface area (Å²) in [6, 6.07) is 13.8. The number of carbonyl (C=O) groups excluding carboxylic acids is 1. The summed E-state index contributed by atoms with van der Waals surface area (Å²) in [4.78, 5) is 17.1. The summed E-state index contributed by atoms with van der Waals surface area (Å²) in [7, 11) is 0. The summed E-state index contributed by atoms with van der Waals surface area (Å²) < 4.78 is 0. The molecule has 138 valence electrons. The standard InChI is InChI=1S/C21H18Cl2N2OS/c22-16-8-4-9-17(23)20(16)21-24-14(12-27-21)11-19(26)25-18-10-3-6-13-5-1-2-7-15(13)18/h1-2,4-5,7-9,12,18H,3,6,10-11H2,(H,25,26). The average Bonchev–Trinajstić information content (AvgIpc) is 3.10. The lowest BCUT2D eigenvalue weighted by atomic mass is 9.87. The van der Waals surface area contributed by atoms with Gasteiger partial charge < -0.3 is 5.32 Å². The van der Waals surface area contributed by atoms with Crippen LogP contribution in [0.4, 0.5) is 0 Å². The van der Waals surface area contributed by atoms with E-state index in [9.17, 15) is 4.79 Å². The molecule has 3 aromatic rings. The maximum absolute atomic E-state index is 12.6. The van der Waals surface area contributed by atoms with Gasteiger partial charge in [0.25, 0.3) is 0 Å². The third-order valence-electron chi connectivity index (χ3n) is 4.77. The first-order valence-electron chi connectivity index (χ1n) is 8.88. The molecular formula is C21H18Cl2N2OS. The minimum absolute atomic E-state index is 0.0150. The van der Waals surface area contributed by atoms with Gasteiger partial charge in [-0.1, -0.05) is 53.5 Å². The van der Waals surface area contributed by atoms with Crippen molar-refractivity contribution in [2.45, 2.75) is 31.7 Å². The molecule has 2 aromatic carbocycles. The van der Waals surface area contributed by atoms with Gasteiger partial charge in [-0.25, -0.2) is 4.98 Å². The molecule has 0 spiro atoms. The zero-order chi connectivity index (χ0) is 18.8. The van der Waals surface area contributed by atoms with Crippen LogP contribution in [0.15, 0.2) is 47.8 Å². The summed E-state index contributed by atoms with van der Waals surface area (Å²) in [5, 5.41) is 6.92. The molecule has 1 N–H and O–H groups in total. The van der Waals surface area contributed by atoms with Gasteiger partial charge in [0.15, 0.2) is 0 Å². The first-order chi connectivity index (χ1) is 13.1. The summed E-state index contributed by atoms with van der Waals surface area (Å²) in [6.45, 7) is 0. The van der Waals surface area contributed by atoms with Crippen molar-refractivity contribution < 1.29 is 4.79 Å². The Morgan fingerprint density at radius 3 is 2.74 bits per heavy atom. The number of benzene rings is 2. The molecule has 1 atom stereocenters. The monoisotopic (exact) mass is 416 g/mol. The second-order valence-electron chi connectivity index (χ2n) is 6.63. The maximum atomic E-state index is 12.6. The van der Waals surface area contributed by atoms with Gasteiger partial charge in [0.05, 0.1) is 28.2 Å². The number of hydrogen-bond acceptors (Lipinski definition) is 3. The lowest BCUT2D eigenvalue weighted by Gasteiger charge is -2.26. The molecule has 1 amide bonds. The van der Waals surface area contributed by atoms with Crippen LogP contribution in [0.1, 0.15) is 35.7 Å². The van der Waals surface area contributed by atoms with Crippen molar-refractivity contribution in [3.63, 3.8) is 0 Å². The van der Waals surface area contributed by atoms with Gasteiger partial charge >= 0.3 is 0 Å². The van der Waals surface area contributed by atoms with Gasteiger partial charge in [-0.2, -0.15) is 0 Å². The number of aromatic nitrogens is 1. The van der Waals surface area contributed by atoms with Crippen LogP contribution in [0.5, 0.6) is 0 Å². The molecule has 0 bridgehead atoms. The molecule has 1 unspecified atom stereocenters. The van der Waals surface area contributed by atoms with E-state index in [-0.39, 0.29) is 18.4 Å². The Balaban J connectivity index is 1.47. The number of hydrogen-bond donors (Lipinski definition) is 1. The van der Waals surface area contributed by atoms with E-state index in [1.165, 1.54) is 22.5 Å². The number of amides is 1. The smallest absolute Gasteiger partial charge is 0.226 e. The first kappa shape index (κ1) is 18.5. The van der Waals surface area contributed by atoms with Crippen LogP contribution in [-0.2, 0) is 17.6 Å². The van der Waals surface area contributed by atoms with E-state index in [2.05, 4.69) is 28.5 Å². The summed E-state index contributed by atoms with van der Waals surface area (Å²) in [6.07, 6.45) is 3.39.